The highest BCUT2D eigenvalue weighted by Crippen LogP contribution is 2.16. The molecule has 1 N–H and O–H groups in total. The summed E-state index contributed by atoms with van der Waals surface area (Å²) >= 11 is 3.32. The molecular weight excluding hydrogens is 310 g/mol. The number of halogens is 1. The van der Waals surface area contributed by atoms with E-state index >= 15 is 0 Å². The van der Waals surface area contributed by atoms with E-state index in [1.165, 1.54) is 0 Å². The van der Waals surface area contributed by atoms with Crippen LogP contribution in [0.1, 0.15) is 16.8 Å². The van der Waals surface area contributed by atoms with Crippen LogP contribution in [0.5, 0.6) is 0 Å². The van der Waals surface area contributed by atoms with Gasteiger partial charge in [0.15, 0.2) is 0 Å². The van der Waals surface area contributed by atoms with Crippen LogP contribution in [-0.2, 0) is 0 Å². The van der Waals surface area contributed by atoms with Crippen LogP contribution in [0, 0.1) is 0 Å². The van der Waals surface area contributed by atoms with Crippen molar-refractivity contribution in [2.24, 2.45) is 0 Å². The third-order valence-corrected chi connectivity index (χ3v) is 3.91. The van der Waals surface area contributed by atoms with Crippen molar-refractivity contribution in [3.05, 3.63) is 28.5 Å². The van der Waals surface area contributed by atoms with Gasteiger partial charge in [0, 0.05) is 32.4 Å². The number of β-amino-alcohol motifs (C(OH)–C–C–N with tert-alkyl or cyclic N) is 1. The highest BCUT2D eigenvalue weighted by Gasteiger charge is 2.21. The summed E-state index contributed by atoms with van der Waals surface area (Å²) in [5.41, 5.74) is 0.609. The van der Waals surface area contributed by atoms with Crippen molar-refractivity contribution < 1.29 is 9.90 Å². The number of amides is 1. The molecule has 0 atom stereocenters. The van der Waals surface area contributed by atoms with Crippen molar-refractivity contribution in [2.45, 2.75) is 6.42 Å². The molecule has 1 amide bonds. The van der Waals surface area contributed by atoms with E-state index in [9.17, 15) is 4.79 Å². The van der Waals surface area contributed by atoms with Gasteiger partial charge in [-0.1, -0.05) is 0 Å². The Labute approximate surface area is 121 Å². The standard InChI is InChI=1S/C13H18BrN3O2/c14-12-11(3-1-4-15-12)13(19)17-6-2-5-16(7-8-17)9-10-18/h1,3-4,18H,2,5-10H2. The number of aliphatic hydroxyl groups excluding tert-OH is 1. The average molecular weight is 328 g/mol. The fraction of sp³-hybridized carbons (Fsp3) is 0.538. The third-order valence-electron chi connectivity index (χ3n) is 3.28. The van der Waals surface area contributed by atoms with Gasteiger partial charge in [0.05, 0.1) is 12.2 Å². The summed E-state index contributed by atoms with van der Waals surface area (Å²) in [6, 6.07) is 3.56. The Morgan fingerprint density at radius 2 is 2.21 bits per heavy atom. The molecule has 2 rings (SSSR count). The van der Waals surface area contributed by atoms with Crippen molar-refractivity contribution in [3.63, 3.8) is 0 Å². The topological polar surface area (TPSA) is 56.7 Å². The molecule has 19 heavy (non-hydrogen) atoms. The van der Waals surface area contributed by atoms with Gasteiger partial charge in [-0.25, -0.2) is 4.98 Å². The Balaban J connectivity index is 2.02. The third kappa shape index (κ3) is 3.75. The first-order valence-electron chi connectivity index (χ1n) is 6.45. The van der Waals surface area contributed by atoms with Crippen LogP contribution in [0.25, 0.3) is 0 Å². The van der Waals surface area contributed by atoms with Gasteiger partial charge in [0.2, 0.25) is 0 Å². The summed E-state index contributed by atoms with van der Waals surface area (Å²) in [7, 11) is 0. The zero-order valence-electron chi connectivity index (χ0n) is 10.8. The molecule has 1 aliphatic rings. The van der Waals surface area contributed by atoms with Gasteiger partial charge in [-0.05, 0) is 41.0 Å². The number of aliphatic hydroxyl groups is 1. The first kappa shape index (κ1) is 14.4. The Bertz CT molecular complexity index is 442. The summed E-state index contributed by atoms with van der Waals surface area (Å²) in [5.74, 6) is 0.0193. The second kappa shape index (κ2) is 6.98. The minimum atomic E-state index is 0.0193. The average Bonchev–Trinajstić information content (AvgIpc) is 2.65. The predicted molar refractivity (Wildman–Crippen MR) is 76.0 cm³/mol. The number of carbonyl (C=O) groups is 1. The Hall–Kier alpha value is -0.980. The van der Waals surface area contributed by atoms with Gasteiger partial charge in [0.1, 0.15) is 4.60 Å². The Kier molecular flexibility index (Phi) is 5.30. The zero-order valence-corrected chi connectivity index (χ0v) is 12.3. The molecule has 1 saturated heterocycles. The van der Waals surface area contributed by atoms with E-state index in [1.54, 1.807) is 18.3 Å². The fourth-order valence-corrected chi connectivity index (χ4v) is 2.67. The van der Waals surface area contributed by atoms with E-state index in [0.29, 0.717) is 23.3 Å². The van der Waals surface area contributed by atoms with Crippen LogP contribution in [-0.4, -0.2) is 65.1 Å². The van der Waals surface area contributed by atoms with Crippen LogP contribution in [0.15, 0.2) is 22.9 Å². The molecule has 0 unspecified atom stereocenters. The summed E-state index contributed by atoms with van der Waals surface area (Å²) in [6.07, 6.45) is 2.59. The highest BCUT2D eigenvalue weighted by atomic mass is 79.9. The molecule has 6 heteroatoms. The number of pyridine rings is 1. The first-order chi connectivity index (χ1) is 9.22. The minimum absolute atomic E-state index is 0.0193. The highest BCUT2D eigenvalue weighted by molar-refractivity contribution is 9.10. The quantitative estimate of drug-likeness (QED) is 0.841. The van der Waals surface area contributed by atoms with Crippen molar-refractivity contribution in [3.8, 4) is 0 Å². The Morgan fingerprint density at radius 1 is 1.37 bits per heavy atom. The second-order valence-electron chi connectivity index (χ2n) is 4.55. The van der Waals surface area contributed by atoms with Gasteiger partial charge in [-0.15, -0.1) is 0 Å². The maximum Gasteiger partial charge on any atom is 0.256 e. The number of nitrogens with zero attached hydrogens (tertiary/aromatic N) is 3. The number of rotatable bonds is 3. The molecule has 0 radical (unpaired) electrons. The molecule has 1 aromatic rings. The van der Waals surface area contributed by atoms with Crippen LogP contribution in [0.3, 0.4) is 0 Å². The minimum Gasteiger partial charge on any atom is -0.395 e. The molecule has 1 fully saturated rings. The summed E-state index contributed by atoms with van der Waals surface area (Å²) in [6.45, 7) is 4.03. The predicted octanol–water partition coefficient (Wildman–Crippen LogP) is 0.984. The van der Waals surface area contributed by atoms with Gasteiger partial charge in [0.25, 0.3) is 5.91 Å². The molecular formula is C13H18BrN3O2. The SMILES string of the molecule is O=C(c1cccnc1Br)N1CCCN(CCO)CC1. The van der Waals surface area contributed by atoms with Crippen molar-refractivity contribution in [2.75, 3.05) is 39.3 Å². The number of aromatic nitrogens is 1. The monoisotopic (exact) mass is 327 g/mol. The summed E-state index contributed by atoms with van der Waals surface area (Å²) in [5, 5.41) is 8.96. The second-order valence-corrected chi connectivity index (χ2v) is 5.30. The maximum absolute atomic E-state index is 12.4. The normalized spacial score (nSPS) is 17.3. The van der Waals surface area contributed by atoms with Crippen molar-refractivity contribution in [1.29, 1.82) is 0 Å². The van der Waals surface area contributed by atoms with Gasteiger partial charge >= 0.3 is 0 Å². The molecule has 2 heterocycles. The first-order valence-corrected chi connectivity index (χ1v) is 7.24. The van der Waals surface area contributed by atoms with E-state index in [-0.39, 0.29) is 12.5 Å². The molecule has 0 spiro atoms. The van der Waals surface area contributed by atoms with E-state index < -0.39 is 0 Å². The molecule has 0 bridgehead atoms. The smallest absolute Gasteiger partial charge is 0.256 e. The summed E-state index contributed by atoms with van der Waals surface area (Å²) in [4.78, 5) is 20.6. The number of hydrogen-bond donors (Lipinski definition) is 1. The van der Waals surface area contributed by atoms with E-state index in [1.807, 2.05) is 4.90 Å². The van der Waals surface area contributed by atoms with E-state index in [4.69, 9.17) is 5.11 Å². The lowest BCUT2D eigenvalue weighted by molar-refractivity contribution is 0.0759. The van der Waals surface area contributed by atoms with Crippen molar-refractivity contribution in [1.82, 2.24) is 14.8 Å². The number of hydrogen-bond acceptors (Lipinski definition) is 4. The number of carbonyl (C=O) groups excluding carboxylic acids is 1. The molecule has 5 nitrogen and oxygen atoms in total. The van der Waals surface area contributed by atoms with Crippen LogP contribution in [0.2, 0.25) is 0 Å². The molecule has 0 aliphatic carbocycles. The maximum atomic E-state index is 12.4. The fourth-order valence-electron chi connectivity index (χ4n) is 2.25. The van der Waals surface area contributed by atoms with E-state index in [2.05, 4.69) is 25.8 Å². The molecule has 0 saturated carbocycles. The molecule has 0 aromatic carbocycles. The van der Waals surface area contributed by atoms with Gasteiger partial charge in [-0.2, -0.15) is 0 Å². The lowest BCUT2D eigenvalue weighted by atomic mass is 10.2. The largest absolute Gasteiger partial charge is 0.395 e. The van der Waals surface area contributed by atoms with Crippen LogP contribution >= 0.6 is 15.9 Å². The Morgan fingerprint density at radius 3 is 2.95 bits per heavy atom. The van der Waals surface area contributed by atoms with Gasteiger partial charge in [-0.3, -0.25) is 9.69 Å². The molecule has 1 aliphatic heterocycles. The summed E-state index contributed by atoms with van der Waals surface area (Å²) < 4.78 is 0.594. The molecule has 1 aromatic heterocycles. The van der Waals surface area contributed by atoms with Crippen molar-refractivity contribution >= 4 is 21.8 Å². The molecule has 104 valence electrons. The van der Waals surface area contributed by atoms with Crippen LogP contribution in [0.4, 0.5) is 0 Å². The lowest BCUT2D eigenvalue weighted by Crippen LogP contribution is -2.36. The van der Waals surface area contributed by atoms with E-state index in [0.717, 1.165) is 26.1 Å². The van der Waals surface area contributed by atoms with Crippen LogP contribution < -0.4 is 0 Å². The zero-order chi connectivity index (χ0) is 13.7. The lowest BCUT2D eigenvalue weighted by Gasteiger charge is -2.21. The van der Waals surface area contributed by atoms with Gasteiger partial charge < -0.3 is 10.0 Å².